The lowest BCUT2D eigenvalue weighted by Gasteiger charge is -2.19. The number of aromatic nitrogens is 2. The highest BCUT2D eigenvalue weighted by Crippen LogP contribution is 2.32. The molecule has 9 nitrogen and oxygen atoms in total. The maximum absolute atomic E-state index is 11.2. The van der Waals surface area contributed by atoms with E-state index < -0.39 is 18.6 Å². The van der Waals surface area contributed by atoms with Crippen molar-refractivity contribution < 1.29 is 24.3 Å². The molecule has 212 valence electrons. The summed E-state index contributed by atoms with van der Waals surface area (Å²) < 4.78 is 11.7. The highest BCUT2D eigenvalue weighted by atomic mass is 16.5. The topological polar surface area (TPSA) is 121 Å². The van der Waals surface area contributed by atoms with Gasteiger partial charge in [0.25, 0.3) is 5.89 Å². The number of hydrogen-bond donors (Lipinski definition) is 3. The Labute approximate surface area is 231 Å². The van der Waals surface area contributed by atoms with Crippen molar-refractivity contribution in [2.45, 2.75) is 66.5 Å². The zero-order valence-electron chi connectivity index (χ0n) is 24.0. The molecule has 0 radical (unpaired) electrons. The van der Waals surface area contributed by atoms with Crippen molar-refractivity contribution in [3.05, 3.63) is 52.6 Å². The van der Waals surface area contributed by atoms with Gasteiger partial charge in [0.1, 0.15) is 25.1 Å². The Morgan fingerprint density at radius 2 is 1.85 bits per heavy atom. The quantitative estimate of drug-likeness (QED) is 0.281. The number of rotatable bonds is 14. The van der Waals surface area contributed by atoms with E-state index in [1.807, 2.05) is 26.0 Å². The van der Waals surface area contributed by atoms with E-state index in [2.05, 4.69) is 61.3 Å². The van der Waals surface area contributed by atoms with Gasteiger partial charge in [-0.25, -0.2) is 0 Å². The van der Waals surface area contributed by atoms with Crippen LogP contribution in [0.2, 0.25) is 0 Å². The van der Waals surface area contributed by atoms with Crippen molar-refractivity contribution in [1.82, 2.24) is 20.4 Å². The second-order valence-corrected chi connectivity index (χ2v) is 10.1. The lowest BCUT2D eigenvalue weighted by atomic mass is 9.97. The van der Waals surface area contributed by atoms with Crippen LogP contribution in [0.25, 0.3) is 22.8 Å². The summed E-state index contributed by atoms with van der Waals surface area (Å²) in [6.45, 7) is 14.9. The fraction of sp³-hybridized carbons (Fsp3) is 0.500. The number of benzene rings is 2. The molecule has 1 aromatic heterocycles. The van der Waals surface area contributed by atoms with E-state index in [-0.39, 0.29) is 13.2 Å². The smallest absolute Gasteiger partial charge is 0.258 e. The van der Waals surface area contributed by atoms with Gasteiger partial charge >= 0.3 is 0 Å². The van der Waals surface area contributed by atoms with Crippen LogP contribution in [0.5, 0.6) is 5.75 Å². The van der Waals surface area contributed by atoms with Gasteiger partial charge in [0.15, 0.2) is 0 Å². The first-order valence-electron chi connectivity index (χ1n) is 13.7. The summed E-state index contributed by atoms with van der Waals surface area (Å²) in [6, 6.07) is 10.4. The molecule has 0 spiro atoms. The third-order valence-electron chi connectivity index (χ3n) is 6.74. The molecule has 0 saturated carbocycles. The first-order valence-corrected chi connectivity index (χ1v) is 13.7. The molecule has 1 heterocycles. The molecule has 0 aliphatic rings. The minimum absolute atomic E-state index is 0.00172. The molecule has 1 atom stereocenters. The van der Waals surface area contributed by atoms with Crippen LogP contribution < -0.4 is 10.1 Å². The van der Waals surface area contributed by atoms with Crippen LogP contribution in [0.4, 0.5) is 0 Å². The van der Waals surface area contributed by atoms with E-state index in [1.165, 1.54) is 11.1 Å². The molecule has 0 saturated heterocycles. The van der Waals surface area contributed by atoms with Crippen molar-refractivity contribution >= 4 is 5.91 Å². The van der Waals surface area contributed by atoms with Crippen LogP contribution in [0, 0.1) is 6.92 Å². The Morgan fingerprint density at radius 3 is 2.49 bits per heavy atom. The van der Waals surface area contributed by atoms with Gasteiger partial charge in [-0.3, -0.25) is 9.69 Å². The summed E-state index contributed by atoms with van der Waals surface area (Å²) in [5.74, 6) is 1.50. The predicted octanol–water partition coefficient (Wildman–Crippen LogP) is 4.09. The fourth-order valence-corrected chi connectivity index (χ4v) is 4.40. The summed E-state index contributed by atoms with van der Waals surface area (Å²) in [6.07, 6.45) is -0.200. The zero-order valence-corrected chi connectivity index (χ0v) is 24.0. The number of aryl methyl sites for hydroxylation is 2. The summed E-state index contributed by atoms with van der Waals surface area (Å²) in [7, 11) is 0. The molecule has 0 bridgehead atoms. The van der Waals surface area contributed by atoms with E-state index in [9.17, 15) is 9.90 Å². The largest absolute Gasteiger partial charge is 0.490 e. The number of carbonyl (C=O) groups is 1. The van der Waals surface area contributed by atoms with Gasteiger partial charge in [-0.05, 0) is 78.9 Å². The molecule has 0 aliphatic carbocycles. The Morgan fingerprint density at radius 1 is 1.10 bits per heavy atom. The number of ether oxygens (including phenoxy) is 1. The second kappa shape index (κ2) is 14.2. The Hall–Kier alpha value is -3.27. The van der Waals surface area contributed by atoms with Crippen LogP contribution in [-0.2, 0) is 17.8 Å². The Kier molecular flexibility index (Phi) is 11.0. The minimum atomic E-state index is -0.905. The number of nitrogens with one attached hydrogen (secondary N) is 1. The number of amides is 1. The van der Waals surface area contributed by atoms with Crippen molar-refractivity contribution in [3.8, 4) is 28.6 Å². The van der Waals surface area contributed by atoms with Crippen LogP contribution in [0.1, 0.15) is 62.8 Å². The molecule has 3 rings (SSSR count). The van der Waals surface area contributed by atoms with Gasteiger partial charge < -0.3 is 24.8 Å². The molecule has 1 amide bonds. The van der Waals surface area contributed by atoms with Gasteiger partial charge in [0.05, 0.1) is 0 Å². The Bertz CT molecular complexity index is 1240. The van der Waals surface area contributed by atoms with Crippen LogP contribution in [-0.4, -0.2) is 70.1 Å². The summed E-state index contributed by atoms with van der Waals surface area (Å²) in [5, 5.41) is 25.7. The lowest BCUT2D eigenvalue weighted by Crippen LogP contribution is -2.36. The van der Waals surface area contributed by atoms with Crippen molar-refractivity contribution in [1.29, 1.82) is 0 Å². The van der Waals surface area contributed by atoms with Crippen molar-refractivity contribution in [3.63, 3.8) is 0 Å². The highest BCUT2D eigenvalue weighted by molar-refractivity contribution is 5.76. The second-order valence-electron chi connectivity index (χ2n) is 10.1. The molecule has 39 heavy (non-hydrogen) atoms. The fourth-order valence-electron chi connectivity index (χ4n) is 4.40. The van der Waals surface area contributed by atoms with E-state index >= 15 is 0 Å². The van der Waals surface area contributed by atoms with Gasteiger partial charge in [-0.1, -0.05) is 45.8 Å². The molecule has 9 heteroatoms. The maximum Gasteiger partial charge on any atom is 0.258 e. The molecule has 3 N–H and O–H groups in total. The predicted molar refractivity (Wildman–Crippen MR) is 152 cm³/mol. The van der Waals surface area contributed by atoms with E-state index in [0.717, 1.165) is 41.9 Å². The Balaban J connectivity index is 1.84. The first kappa shape index (κ1) is 30.3. The molecule has 0 fully saturated rings. The third kappa shape index (κ3) is 8.11. The average Bonchev–Trinajstić information content (AvgIpc) is 3.43. The van der Waals surface area contributed by atoms with E-state index in [0.29, 0.717) is 29.8 Å². The van der Waals surface area contributed by atoms with Crippen molar-refractivity contribution in [2.75, 3.05) is 32.8 Å². The highest BCUT2D eigenvalue weighted by Gasteiger charge is 2.18. The first-order chi connectivity index (χ1) is 18.7. The number of nitrogens with zero attached hydrogens (tertiary/aromatic N) is 3. The lowest BCUT2D eigenvalue weighted by molar-refractivity contribution is -0.124. The number of carbonyl (C=O) groups excluding carboxylic acids is 1. The van der Waals surface area contributed by atoms with Crippen LogP contribution in [0.15, 0.2) is 34.9 Å². The normalized spacial score (nSPS) is 12.3. The van der Waals surface area contributed by atoms with Gasteiger partial charge in [-0.2, -0.15) is 4.98 Å². The monoisotopic (exact) mass is 538 g/mol. The van der Waals surface area contributed by atoms with E-state index in [4.69, 9.17) is 19.4 Å². The number of hydrogen-bond acceptors (Lipinski definition) is 8. The summed E-state index contributed by atoms with van der Waals surface area (Å²) >= 11 is 0. The van der Waals surface area contributed by atoms with Gasteiger partial charge in [0, 0.05) is 24.2 Å². The molecule has 1 unspecified atom stereocenters. The van der Waals surface area contributed by atoms with Gasteiger partial charge in [0.2, 0.25) is 11.7 Å². The van der Waals surface area contributed by atoms with Crippen LogP contribution in [0.3, 0.4) is 0 Å². The van der Waals surface area contributed by atoms with Crippen molar-refractivity contribution in [2.24, 2.45) is 0 Å². The summed E-state index contributed by atoms with van der Waals surface area (Å²) in [5.41, 5.74) is 6.03. The van der Waals surface area contributed by atoms with Gasteiger partial charge in [-0.15, -0.1) is 0 Å². The number of aliphatic hydroxyl groups is 2. The SMILES string of the molecule is CCc1cc(-c2noc(-c3cc(CN(CC)CC)cc(C(C)C)c3)n2)cc(C)c1OCC(O)CNC(=O)CO. The third-order valence-corrected chi connectivity index (χ3v) is 6.74. The molecule has 2 aromatic carbocycles. The van der Waals surface area contributed by atoms with Crippen LogP contribution >= 0.6 is 0 Å². The number of aliphatic hydroxyl groups excluding tert-OH is 2. The zero-order chi connectivity index (χ0) is 28.5. The molecule has 3 aromatic rings. The van der Waals surface area contributed by atoms with E-state index in [1.54, 1.807) is 0 Å². The average molecular weight is 539 g/mol. The minimum Gasteiger partial charge on any atom is -0.490 e. The molecular formula is C30H42N4O5. The molecule has 0 aliphatic heterocycles. The maximum atomic E-state index is 11.2. The molecular weight excluding hydrogens is 496 g/mol. The standard InChI is InChI=1S/C30H42N4O5/c1-7-22-13-24(10-20(6)28(22)38-18-26(36)15-31-27(37)17-35)29-32-30(39-33-29)25-12-21(16-34(8-2)9-3)11-23(14-25)19(4)5/h10-14,19,26,35-36H,7-9,15-18H2,1-6H3,(H,31,37). The summed E-state index contributed by atoms with van der Waals surface area (Å²) in [4.78, 5) is 18.3.